The van der Waals surface area contributed by atoms with Crippen molar-refractivity contribution in [3.05, 3.63) is 81.9 Å². The van der Waals surface area contributed by atoms with E-state index < -0.39 is 47.6 Å². The summed E-state index contributed by atoms with van der Waals surface area (Å²) in [6, 6.07) is 8.79. The van der Waals surface area contributed by atoms with Crippen molar-refractivity contribution in [1.82, 2.24) is 15.2 Å². The number of furan rings is 1. The Morgan fingerprint density at radius 1 is 1.24 bits per heavy atom. The number of urea groups is 1. The van der Waals surface area contributed by atoms with E-state index in [4.69, 9.17) is 4.42 Å². The number of imide groups is 1. The minimum Gasteiger partial charge on any atom is -0.467 e. The van der Waals surface area contributed by atoms with E-state index in [1.807, 2.05) is 17.5 Å². The van der Waals surface area contributed by atoms with Gasteiger partial charge in [0.05, 0.1) is 16.9 Å². The summed E-state index contributed by atoms with van der Waals surface area (Å²) in [5.41, 5.74) is -0.899. The molecule has 0 spiro atoms. The van der Waals surface area contributed by atoms with Gasteiger partial charge in [-0.3, -0.25) is 14.5 Å². The second kappa shape index (κ2) is 8.17. The van der Waals surface area contributed by atoms with E-state index in [2.05, 4.69) is 10.4 Å². The second-order valence-corrected chi connectivity index (χ2v) is 9.02. The molecule has 2 aliphatic rings. The minimum absolute atomic E-state index is 0.0623. The highest BCUT2D eigenvalue weighted by molar-refractivity contribution is 7.12. The van der Waals surface area contributed by atoms with Crippen molar-refractivity contribution < 1.29 is 27.6 Å². The number of benzene rings is 1. The molecule has 0 bridgehead atoms. The SMILES string of the molecule is C[C@@]1(c2ccc(F)c(F)c2)NC(=O)N(CC(=O)N2N=C(c3cccs3)C[C@@H]2c2ccco2)C1=O. The van der Waals surface area contributed by atoms with E-state index in [1.54, 1.807) is 12.1 Å². The number of nitrogens with one attached hydrogen (secondary N) is 1. The van der Waals surface area contributed by atoms with Crippen LogP contribution in [0.25, 0.3) is 0 Å². The van der Waals surface area contributed by atoms with Crippen molar-refractivity contribution in [2.75, 3.05) is 6.54 Å². The van der Waals surface area contributed by atoms with Gasteiger partial charge in [0.1, 0.15) is 23.9 Å². The first-order chi connectivity index (χ1) is 16.3. The number of hydrogen-bond donors (Lipinski definition) is 1. The van der Waals surface area contributed by atoms with Gasteiger partial charge >= 0.3 is 6.03 Å². The first-order valence-electron chi connectivity index (χ1n) is 10.3. The van der Waals surface area contributed by atoms with Crippen molar-refractivity contribution in [1.29, 1.82) is 0 Å². The fourth-order valence-electron chi connectivity index (χ4n) is 4.09. The fraction of sp³-hybridized carbons (Fsp3) is 0.217. The predicted molar refractivity (Wildman–Crippen MR) is 118 cm³/mol. The van der Waals surface area contributed by atoms with Gasteiger partial charge in [0.2, 0.25) is 0 Å². The van der Waals surface area contributed by atoms with E-state index in [0.29, 0.717) is 17.9 Å². The Bertz CT molecular complexity index is 1310. The Morgan fingerprint density at radius 3 is 2.74 bits per heavy atom. The molecule has 1 N–H and O–H groups in total. The van der Waals surface area contributed by atoms with Crippen LogP contribution in [0.5, 0.6) is 0 Å². The third-order valence-corrected chi connectivity index (χ3v) is 6.83. The number of amides is 4. The van der Waals surface area contributed by atoms with Crippen LogP contribution in [0.3, 0.4) is 0 Å². The van der Waals surface area contributed by atoms with Crippen molar-refractivity contribution in [3.63, 3.8) is 0 Å². The summed E-state index contributed by atoms with van der Waals surface area (Å²) in [6.45, 7) is 0.793. The van der Waals surface area contributed by atoms with Gasteiger partial charge in [0.25, 0.3) is 11.8 Å². The van der Waals surface area contributed by atoms with Gasteiger partial charge < -0.3 is 9.73 Å². The predicted octanol–water partition coefficient (Wildman–Crippen LogP) is 3.76. The van der Waals surface area contributed by atoms with E-state index in [-0.39, 0.29) is 5.56 Å². The van der Waals surface area contributed by atoms with Crippen LogP contribution in [-0.4, -0.2) is 40.0 Å². The van der Waals surface area contributed by atoms with Crippen LogP contribution in [0.2, 0.25) is 0 Å². The number of rotatable bonds is 5. The highest BCUT2D eigenvalue weighted by Crippen LogP contribution is 2.35. The number of hydrazone groups is 1. The molecular formula is C23H18F2N4O4S. The minimum atomic E-state index is -1.65. The quantitative estimate of drug-likeness (QED) is 0.558. The number of hydrogen-bond acceptors (Lipinski definition) is 6. The molecule has 4 heterocycles. The lowest BCUT2D eigenvalue weighted by Crippen LogP contribution is -2.43. The smallest absolute Gasteiger partial charge is 0.325 e. The number of carbonyl (C=O) groups excluding carboxylic acids is 3. The third-order valence-electron chi connectivity index (χ3n) is 5.91. The molecule has 0 radical (unpaired) electrons. The number of halogens is 2. The molecule has 1 saturated heterocycles. The van der Waals surface area contributed by atoms with E-state index in [0.717, 1.165) is 21.9 Å². The van der Waals surface area contributed by atoms with Gasteiger partial charge in [0, 0.05) is 6.42 Å². The Morgan fingerprint density at radius 2 is 2.06 bits per heavy atom. The molecule has 8 nitrogen and oxygen atoms in total. The Kier molecular flexibility index (Phi) is 5.28. The highest BCUT2D eigenvalue weighted by atomic mass is 32.1. The summed E-state index contributed by atoms with van der Waals surface area (Å²) in [6.07, 6.45) is 1.90. The molecule has 4 amide bonds. The third kappa shape index (κ3) is 3.58. The van der Waals surface area contributed by atoms with Crippen LogP contribution in [0.4, 0.5) is 13.6 Å². The molecule has 11 heteroatoms. The molecule has 34 heavy (non-hydrogen) atoms. The van der Waals surface area contributed by atoms with E-state index >= 15 is 0 Å². The van der Waals surface area contributed by atoms with Gasteiger partial charge in [0.15, 0.2) is 11.6 Å². The van der Waals surface area contributed by atoms with Gasteiger partial charge in [-0.1, -0.05) is 12.1 Å². The lowest BCUT2D eigenvalue weighted by Gasteiger charge is -2.24. The largest absolute Gasteiger partial charge is 0.467 e. The van der Waals surface area contributed by atoms with E-state index in [1.165, 1.54) is 35.6 Å². The summed E-state index contributed by atoms with van der Waals surface area (Å²) in [5.74, 6) is -3.05. The van der Waals surface area contributed by atoms with Crippen molar-refractivity contribution in [3.8, 4) is 0 Å². The van der Waals surface area contributed by atoms with Gasteiger partial charge in [-0.25, -0.2) is 18.6 Å². The first-order valence-corrected chi connectivity index (χ1v) is 11.2. The standard InChI is InChI=1S/C23H18F2N4O4S/c1-23(13-6-7-14(24)15(25)10-13)21(31)28(22(32)26-23)12-20(30)29-17(18-4-2-8-33-18)11-16(27-29)19-5-3-9-34-19/h2-10,17H,11-12H2,1H3,(H,26,32)/t17-,23+/m1/s1. The zero-order chi connectivity index (χ0) is 24.0. The number of carbonyl (C=O) groups is 3. The summed E-state index contributed by atoms with van der Waals surface area (Å²) >= 11 is 1.48. The zero-order valence-corrected chi connectivity index (χ0v) is 18.6. The molecule has 2 aromatic heterocycles. The maximum atomic E-state index is 13.8. The number of thiophene rings is 1. The van der Waals surface area contributed by atoms with Crippen molar-refractivity contribution >= 4 is 34.9 Å². The fourth-order valence-corrected chi connectivity index (χ4v) is 4.81. The Labute approximate surface area is 196 Å². The average Bonchev–Trinajstić information content (AvgIpc) is 3.60. The molecule has 0 saturated carbocycles. The first kappa shape index (κ1) is 22.0. The summed E-state index contributed by atoms with van der Waals surface area (Å²) in [5, 5.41) is 10.1. The summed E-state index contributed by atoms with van der Waals surface area (Å²) in [4.78, 5) is 40.7. The Hall–Kier alpha value is -3.86. The molecule has 1 fully saturated rings. The van der Waals surface area contributed by atoms with Crippen LogP contribution in [0, 0.1) is 11.6 Å². The van der Waals surface area contributed by atoms with Gasteiger partial charge in [-0.05, 0) is 48.2 Å². The van der Waals surface area contributed by atoms with Crippen molar-refractivity contribution in [2.45, 2.75) is 24.9 Å². The molecular weight excluding hydrogens is 466 g/mol. The molecule has 3 aromatic rings. The molecule has 0 unspecified atom stereocenters. The van der Waals surface area contributed by atoms with E-state index in [9.17, 15) is 23.2 Å². The van der Waals surface area contributed by atoms with Gasteiger partial charge in [-0.15, -0.1) is 11.3 Å². The van der Waals surface area contributed by atoms with Crippen LogP contribution in [-0.2, 0) is 15.1 Å². The second-order valence-electron chi connectivity index (χ2n) is 8.07. The normalized spacial score (nSPS) is 22.3. The molecule has 1 aromatic carbocycles. The van der Waals surface area contributed by atoms with Crippen LogP contribution in [0.1, 0.15) is 35.6 Å². The lowest BCUT2D eigenvalue weighted by atomic mass is 9.92. The maximum absolute atomic E-state index is 13.8. The van der Waals surface area contributed by atoms with Crippen LogP contribution < -0.4 is 5.32 Å². The summed E-state index contributed by atoms with van der Waals surface area (Å²) < 4.78 is 32.6. The molecule has 0 aliphatic carbocycles. The molecule has 174 valence electrons. The van der Waals surface area contributed by atoms with Crippen molar-refractivity contribution in [2.24, 2.45) is 5.10 Å². The topological polar surface area (TPSA) is 95.2 Å². The van der Waals surface area contributed by atoms with Gasteiger partial charge in [-0.2, -0.15) is 5.10 Å². The number of nitrogens with zero attached hydrogens (tertiary/aromatic N) is 3. The highest BCUT2D eigenvalue weighted by Gasteiger charge is 2.50. The molecule has 5 rings (SSSR count). The maximum Gasteiger partial charge on any atom is 0.325 e. The molecule has 2 atom stereocenters. The average molecular weight is 484 g/mol. The van der Waals surface area contributed by atoms with Crippen LogP contribution in [0.15, 0.2) is 63.6 Å². The lowest BCUT2D eigenvalue weighted by molar-refractivity contribution is -0.140. The summed E-state index contributed by atoms with van der Waals surface area (Å²) in [7, 11) is 0. The zero-order valence-electron chi connectivity index (χ0n) is 17.8. The monoisotopic (exact) mass is 484 g/mol. The van der Waals surface area contributed by atoms with Crippen LogP contribution >= 0.6 is 11.3 Å². The Balaban J connectivity index is 1.40. The molecule has 2 aliphatic heterocycles.